The minimum absolute atomic E-state index is 0.379. The van der Waals surface area contributed by atoms with Gasteiger partial charge in [-0.15, -0.1) is 0 Å². The molecule has 0 bridgehead atoms. The van der Waals surface area contributed by atoms with Crippen molar-refractivity contribution in [2.75, 3.05) is 0 Å². The molecule has 0 amide bonds. The molecule has 76 valence electrons. The van der Waals surface area contributed by atoms with Crippen LogP contribution in [-0.2, 0) is 11.2 Å². The van der Waals surface area contributed by atoms with Crippen molar-refractivity contribution in [3.05, 3.63) is 29.3 Å². The van der Waals surface area contributed by atoms with Gasteiger partial charge in [-0.3, -0.25) is 0 Å². The molecule has 1 aliphatic heterocycles. The lowest BCUT2D eigenvalue weighted by Crippen LogP contribution is -1.94. The number of epoxide rings is 1. The minimum atomic E-state index is 0.379. The highest BCUT2D eigenvalue weighted by atomic mass is 16.6. The van der Waals surface area contributed by atoms with Crippen molar-refractivity contribution in [2.24, 2.45) is 0 Å². The standard InChI is InChI=1S/C12H16O2/c1-8-7-10(3-5-11(8)13)4-6-12-9(2)14-12/h3,5,7,9,12-13H,4,6H2,1-2H3. The SMILES string of the molecule is Cc1cc(CCC2OC2C)ccc1O. The Bertz CT molecular complexity index is 333. The third-order valence-corrected chi connectivity index (χ3v) is 2.82. The Hall–Kier alpha value is -1.02. The Morgan fingerprint density at radius 1 is 1.43 bits per heavy atom. The fourth-order valence-electron chi connectivity index (χ4n) is 1.72. The van der Waals surface area contributed by atoms with E-state index in [-0.39, 0.29) is 0 Å². The van der Waals surface area contributed by atoms with Crippen LogP contribution in [0.1, 0.15) is 24.5 Å². The smallest absolute Gasteiger partial charge is 0.118 e. The van der Waals surface area contributed by atoms with Crippen LogP contribution in [0, 0.1) is 6.92 Å². The zero-order valence-corrected chi connectivity index (χ0v) is 8.66. The molecule has 2 nitrogen and oxygen atoms in total. The molecule has 0 radical (unpaired) electrons. The fourth-order valence-corrected chi connectivity index (χ4v) is 1.72. The Kier molecular flexibility index (Phi) is 2.46. The van der Waals surface area contributed by atoms with E-state index in [9.17, 15) is 5.11 Å². The molecule has 0 saturated carbocycles. The van der Waals surface area contributed by atoms with E-state index in [0.717, 1.165) is 18.4 Å². The molecule has 1 aromatic carbocycles. The maximum atomic E-state index is 9.35. The van der Waals surface area contributed by atoms with E-state index in [0.29, 0.717) is 18.0 Å². The number of rotatable bonds is 3. The van der Waals surface area contributed by atoms with Crippen molar-refractivity contribution < 1.29 is 9.84 Å². The quantitative estimate of drug-likeness (QED) is 0.746. The summed E-state index contributed by atoms with van der Waals surface area (Å²) in [5.74, 6) is 0.379. The number of aromatic hydroxyl groups is 1. The molecule has 1 aliphatic rings. The van der Waals surface area contributed by atoms with Gasteiger partial charge >= 0.3 is 0 Å². The first-order valence-corrected chi connectivity index (χ1v) is 5.11. The van der Waals surface area contributed by atoms with E-state index < -0.39 is 0 Å². The number of aryl methyl sites for hydroxylation is 2. The molecule has 1 saturated heterocycles. The van der Waals surface area contributed by atoms with E-state index in [1.807, 2.05) is 19.1 Å². The largest absolute Gasteiger partial charge is 0.508 e. The van der Waals surface area contributed by atoms with E-state index >= 15 is 0 Å². The molecule has 1 heterocycles. The van der Waals surface area contributed by atoms with Gasteiger partial charge in [-0.05, 0) is 43.9 Å². The van der Waals surface area contributed by atoms with Crippen molar-refractivity contribution in [1.82, 2.24) is 0 Å². The fraction of sp³-hybridized carbons (Fsp3) is 0.500. The molecule has 2 rings (SSSR count). The Labute approximate surface area is 84.5 Å². The van der Waals surface area contributed by atoms with Gasteiger partial charge in [0.2, 0.25) is 0 Å². The lowest BCUT2D eigenvalue weighted by molar-refractivity contribution is 0.370. The molecule has 0 spiro atoms. The zero-order valence-electron chi connectivity index (χ0n) is 8.66. The van der Waals surface area contributed by atoms with Crippen molar-refractivity contribution in [3.63, 3.8) is 0 Å². The summed E-state index contributed by atoms with van der Waals surface area (Å²) in [6.45, 7) is 4.03. The second-order valence-corrected chi connectivity index (χ2v) is 4.04. The first-order chi connectivity index (χ1) is 6.66. The molecule has 0 aliphatic carbocycles. The average molecular weight is 192 g/mol. The van der Waals surface area contributed by atoms with Gasteiger partial charge in [-0.25, -0.2) is 0 Å². The van der Waals surface area contributed by atoms with Gasteiger partial charge < -0.3 is 9.84 Å². The third-order valence-electron chi connectivity index (χ3n) is 2.82. The maximum absolute atomic E-state index is 9.35. The second-order valence-electron chi connectivity index (χ2n) is 4.04. The first kappa shape index (κ1) is 9.53. The summed E-state index contributed by atoms with van der Waals surface area (Å²) in [5.41, 5.74) is 2.23. The number of hydrogen-bond acceptors (Lipinski definition) is 2. The third kappa shape index (κ3) is 2.07. The van der Waals surface area contributed by atoms with Crippen LogP contribution in [0.4, 0.5) is 0 Å². The first-order valence-electron chi connectivity index (χ1n) is 5.11. The molecule has 2 unspecified atom stereocenters. The maximum Gasteiger partial charge on any atom is 0.118 e. The summed E-state index contributed by atoms with van der Waals surface area (Å²) in [5, 5.41) is 9.35. The van der Waals surface area contributed by atoms with Crippen molar-refractivity contribution in [1.29, 1.82) is 0 Å². The minimum Gasteiger partial charge on any atom is -0.508 e. The number of ether oxygens (including phenoxy) is 1. The lowest BCUT2D eigenvalue weighted by Gasteiger charge is -2.02. The Morgan fingerprint density at radius 2 is 2.14 bits per heavy atom. The highest BCUT2D eigenvalue weighted by Crippen LogP contribution is 2.26. The Balaban J connectivity index is 1.92. The van der Waals surface area contributed by atoms with E-state index in [1.54, 1.807) is 6.07 Å². The van der Waals surface area contributed by atoms with Crippen LogP contribution in [-0.4, -0.2) is 17.3 Å². The van der Waals surface area contributed by atoms with Crippen LogP contribution in [0.2, 0.25) is 0 Å². The molecule has 2 atom stereocenters. The average Bonchev–Trinajstić information content (AvgIpc) is 2.85. The van der Waals surface area contributed by atoms with Gasteiger partial charge in [0.15, 0.2) is 0 Å². The van der Waals surface area contributed by atoms with Crippen LogP contribution in [0.25, 0.3) is 0 Å². The van der Waals surface area contributed by atoms with Crippen LogP contribution < -0.4 is 0 Å². The summed E-state index contributed by atoms with van der Waals surface area (Å²) in [4.78, 5) is 0. The number of phenols is 1. The normalized spacial score (nSPS) is 25.0. The topological polar surface area (TPSA) is 32.8 Å². The van der Waals surface area contributed by atoms with E-state index in [2.05, 4.69) is 6.92 Å². The molecule has 1 N–H and O–H groups in total. The van der Waals surface area contributed by atoms with Gasteiger partial charge in [-0.2, -0.15) is 0 Å². The van der Waals surface area contributed by atoms with Gasteiger partial charge in [0.05, 0.1) is 12.2 Å². The number of hydrogen-bond donors (Lipinski definition) is 1. The number of benzene rings is 1. The molecule has 1 aromatic rings. The van der Waals surface area contributed by atoms with Gasteiger partial charge in [-0.1, -0.05) is 12.1 Å². The summed E-state index contributed by atoms with van der Waals surface area (Å²) < 4.78 is 5.34. The molecule has 1 fully saturated rings. The molecule has 2 heteroatoms. The predicted molar refractivity (Wildman–Crippen MR) is 55.5 cm³/mol. The molecular formula is C12H16O2. The van der Waals surface area contributed by atoms with E-state index in [4.69, 9.17) is 4.74 Å². The summed E-state index contributed by atoms with van der Waals surface area (Å²) in [7, 11) is 0. The summed E-state index contributed by atoms with van der Waals surface area (Å²) in [6, 6.07) is 5.79. The van der Waals surface area contributed by atoms with Gasteiger partial charge in [0, 0.05) is 0 Å². The Morgan fingerprint density at radius 3 is 2.71 bits per heavy atom. The van der Waals surface area contributed by atoms with Crippen LogP contribution in [0.3, 0.4) is 0 Å². The lowest BCUT2D eigenvalue weighted by atomic mass is 10.0. The van der Waals surface area contributed by atoms with Crippen molar-refractivity contribution in [3.8, 4) is 5.75 Å². The van der Waals surface area contributed by atoms with Crippen LogP contribution in [0.15, 0.2) is 18.2 Å². The van der Waals surface area contributed by atoms with Crippen molar-refractivity contribution in [2.45, 2.75) is 38.9 Å². The van der Waals surface area contributed by atoms with Crippen LogP contribution >= 0.6 is 0 Å². The monoisotopic (exact) mass is 192 g/mol. The zero-order chi connectivity index (χ0) is 10.1. The molecule has 0 aromatic heterocycles. The van der Waals surface area contributed by atoms with Gasteiger partial charge in [0.25, 0.3) is 0 Å². The summed E-state index contributed by atoms with van der Waals surface area (Å²) in [6.07, 6.45) is 3.04. The summed E-state index contributed by atoms with van der Waals surface area (Å²) >= 11 is 0. The second kappa shape index (κ2) is 3.62. The van der Waals surface area contributed by atoms with Crippen LogP contribution in [0.5, 0.6) is 5.75 Å². The van der Waals surface area contributed by atoms with Crippen molar-refractivity contribution >= 4 is 0 Å². The number of phenolic OH excluding ortho intramolecular Hbond substituents is 1. The van der Waals surface area contributed by atoms with Gasteiger partial charge in [0.1, 0.15) is 5.75 Å². The molecular weight excluding hydrogens is 176 g/mol. The highest BCUT2D eigenvalue weighted by Gasteiger charge is 2.33. The highest BCUT2D eigenvalue weighted by molar-refractivity contribution is 5.34. The predicted octanol–water partition coefficient (Wildman–Crippen LogP) is 2.42. The molecule has 14 heavy (non-hydrogen) atoms. The van der Waals surface area contributed by atoms with E-state index in [1.165, 1.54) is 5.56 Å².